The number of hydrogen-bond acceptors (Lipinski definition) is 3. The number of nitrogens with zero attached hydrogens (tertiary/aromatic N) is 3. The first-order chi connectivity index (χ1) is 19.7. The van der Waals surface area contributed by atoms with E-state index in [0.29, 0.717) is 52.4 Å². The molecule has 1 aliphatic heterocycles. The highest BCUT2D eigenvalue weighted by atomic mass is 19.4. The molecule has 2 aromatic rings. The molecular formula is C30H41F4N5O2. The number of amides is 4. The monoisotopic (exact) mass is 579 g/mol. The molecule has 0 atom stereocenters. The fourth-order valence-electron chi connectivity index (χ4n) is 4.69. The maximum absolute atomic E-state index is 13.4. The van der Waals surface area contributed by atoms with Crippen molar-refractivity contribution in [1.82, 2.24) is 20.0 Å². The summed E-state index contributed by atoms with van der Waals surface area (Å²) in [5, 5.41) is 5.57. The number of benzene rings is 2. The van der Waals surface area contributed by atoms with E-state index in [1.54, 1.807) is 21.9 Å². The molecule has 0 saturated carbocycles. The predicted molar refractivity (Wildman–Crippen MR) is 152 cm³/mol. The van der Waals surface area contributed by atoms with Crippen LogP contribution in [-0.2, 0) is 12.7 Å². The van der Waals surface area contributed by atoms with Crippen LogP contribution in [0.4, 0.5) is 32.8 Å². The van der Waals surface area contributed by atoms with Crippen molar-refractivity contribution in [3.05, 3.63) is 65.5 Å². The Kier molecular flexibility index (Phi) is 12.7. The summed E-state index contributed by atoms with van der Waals surface area (Å²) in [6, 6.07) is 10.1. The van der Waals surface area contributed by atoms with Crippen molar-refractivity contribution in [2.24, 2.45) is 0 Å². The van der Waals surface area contributed by atoms with Gasteiger partial charge in [0.2, 0.25) is 0 Å². The van der Waals surface area contributed by atoms with Crippen molar-refractivity contribution in [2.75, 3.05) is 51.1 Å². The van der Waals surface area contributed by atoms with Gasteiger partial charge in [-0.15, -0.1) is 0 Å². The molecule has 7 nitrogen and oxygen atoms in total. The van der Waals surface area contributed by atoms with Crippen LogP contribution >= 0.6 is 0 Å². The normalized spacial score (nSPS) is 14.1. The number of hydrogen-bond donors (Lipinski definition) is 2. The molecule has 1 heterocycles. The second-order valence-electron chi connectivity index (χ2n) is 10.4. The van der Waals surface area contributed by atoms with E-state index in [-0.39, 0.29) is 17.5 Å². The SMILES string of the molecule is CCCCCCCCNC(=O)N(CCN1CCN(C(=O)Nc2cccc(C(F)(F)F)c2)CC1)Cc1ccc(F)cc1. The molecule has 0 spiro atoms. The average Bonchev–Trinajstić information content (AvgIpc) is 2.95. The van der Waals surface area contributed by atoms with Crippen molar-refractivity contribution in [3.63, 3.8) is 0 Å². The first-order valence-electron chi connectivity index (χ1n) is 14.4. The van der Waals surface area contributed by atoms with Gasteiger partial charge in [-0.05, 0) is 42.3 Å². The first kappa shape index (κ1) is 32.2. The maximum Gasteiger partial charge on any atom is 0.416 e. The third-order valence-corrected chi connectivity index (χ3v) is 7.17. The lowest BCUT2D eigenvalue weighted by Crippen LogP contribution is -2.52. The van der Waals surface area contributed by atoms with Gasteiger partial charge in [0.15, 0.2) is 0 Å². The van der Waals surface area contributed by atoms with E-state index in [9.17, 15) is 27.2 Å². The molecule has 2 N–H and O–H groups in total. The summed E-state index contributed by atoms with van der Waals surface area (Å²) in [4.78, 5) is 31.1. The number of nitrogens with one attached hydrogen (secondary N) is 2. The Morgan fingerprint density at radius 1 is 0.927 bits per heavy atom. The third kappa shape index (κ3) is 11.2. The summed E-state index contributed by atoms with van der Waals surface area (Å²) in [5.41, 5.74) is 0.106. The molecule has 0 radical (unpaired) electrons. The number of urea groups is 2. The smallest absolute Gasteiger partial charge is 0.338 e. The van der Waals surface area contributed by atoms with Gasteiger partial charge in [-0.1, -0.05) is 57.2 Å². The number of unbranched alkanes of at least 4 members (excludes halogenated alkanes) is 5. The van der Waals surface area contributed by atoms with Gasteiger partial charge in [-0.25, -0.2) is 14.0 Å². The Hall–Kier alpha value is -3.34. The number of carbonyl (C=O) groups is 2. The number of carbonyl (C=O) groups excluding carboxylic acids is 2. The summed E-state index contributed by atoms with van der Waals surface area (Å²) in [6.07, 6.45) is 2.30. The number of anilines is 1. The largest absolute Gasteiger partial charge is 0.416 e. The molecule has 0 bridgehead atoms. The summed E-state index contributed by atoms with van der Waals surface area (Å²) in [7, 11) is 0. The lowest BCUT2D eigenvalue weighted by atomic mass is 10.1. The van der Waals surface area contributed by atoms with Gasteiger partial charge in [-0.2, -0.15) is 13.2 Å². The Labute approximate surface area is 239 Å². The average molecular weight is 580 g/mol. The molecule has 0 aliphatic carbocycles. The molecule has 2 aromatic carbocycles. The molecule has 3 rings (SSSR count). The number of alkyl halides is 3. The fraction of sp³-hybridized carbons (Fsp3) is 0.533. The van der Waals surface area contributed by atoms with Crippen molar-refractivity contribution in [3.8, 4) is 0 Å². The van der Waals surface area contributed by atoms with Gasteiger partial charge >= 0.3 is 18.2 Å². The third-order valence-electron chi connectivity index (χ3n) is 7.17. The first-order valence-corrected chi connectivity index (χ1v) is 14.4. The quantitative estimate of drug-likeness (QED) is 0.209. The van der Waals surface area contributed by atoms with E-state index in [1.807, 2.05) is 0 Å². The second-order valence-corrected chi connectivity index (χ2v) is 10.4. The highest BCUT2D eigenvalue weighted by Crippen LogP contribution is 2.30. The molecule has 1 fully saturated rings. The van der Waals surface area contributed by atoms with Crippen LogP contribution in [-0.4, -0.2) is 72.6 Å². The second kappa shape index (κ2) is 16.2. The van der Waals surface area contributed by atoms with E-state index < -0.39 is 17.8 Å². The minimum absolute atomic E-state index is 0.0932. The minimum Gasteiger partial charge on any atom is -0.338 e. The zero-order valence-corrected chi connectivity index (χ0v) is 23.7. The van der Waals surface area contributed by atoms with E-state index in [1.165, 1.54) is 43.5 Å². The van der Waals surface area contributed by atoms with Crippen molar-refractivity contribution in [1.29, 1.82) is 0 Å². The molecular weight excluding hydrogens is 538 g/mol. The Bertz CT molecular complexity index is 1090. The van der Waals surface area contributed by atoms with Crippen molar-refractivity contribution in [2.45, 2.75) is 58.2 Å². The molecule has 0 unspecified atom stereocenters. The Balaban J connectivity index is 1.47. The zero-order chi connectivity index (χ0) is 29.7. The maximum atomic E-state index is 13.4. The Morgan fingerprint density at radius 2 is 1.61 bits per heavy atom. The predicted octanol–water partition coefficient (Wildman–Crippen LogP) is 6.57. The van der Waals surface area contributed by atoms with Gasteiger partial charge in [0.25, 0.3) is 0 Å². The topological polar surface area (TPSA) is 67.9 Å². The van der Waals surface area contributed by atoms with Crippen LogP contribution in [0.25, 0.3) is 0 Å². The van der Waals surface area contributed by atoms with Crippen LogP contribution in [0.2, 0.25) is 0 Å². The highest BCUT2D eigenvalue weighted by Gasteiger charge is 2.31. The highest BCUT2D eigenvalue weighted by molar-refractivity contribution is 5.89. The van der Waals surface area contributed by atoms with Crippen LogP contribution in [0.15, 0.2) is 48.5 Å². The lowest BCUT2D eigenvalue weighted by molar-refractivity contribution is -0.137. The number of rotatable bonds is 13. The fourth-order valence-corrected chi connectivity index (χ4v) is 4.69. The van der Waals surface area contributed by atoms with Crippen LogP contribution in [0.3, 0.4) is 0 Å². The van der Waals surface area contributed by atoms with Gasteiger partial charge in [0.05, 0.1) is 5.56 Å². The van der Waals surface area contributed by atoms with Gasteiger partial charge in [0, 0.05) is 58.0 Å². The summed E-state index contributed by atoms with van der Waals surface area (Å²) >= 11 is 0. The molecule has 1 aliphatic rings. The molecule has 1 saturated heterocycles. The standard InChI is InChI=1S/C30H41F4N5O2/c1-2-3-4-5-6-7-15-35-28(40)39(23-24-11-13-26(31)14-12-24)21-18-37-16-19-38(20-17-37)29(41)36-27-10-8-9-25(22-27)30(32,33)34/h8-14,22H,2-7,15-21,23H2,1H3,(H,35,40)(H,36,41). The van der Waals surface area contributed by atoms with Crippen LogP contribution < -0.4 is 10.6 Å². The molecule has 4 amide bonds. The summed E-state index contributed by atoms with van der Waals surface area (Å²) in [6.45, 7) is 6.13. The van der Waals surface area contributed by atoms with Gasteiger partial charge in [0.1, 0.15) is 5.82 Å². The summed E-state index contributed by atoms with van der Waals surface area (Å²) in [5.74, 6) is -0.331. The molecule has 0 aromatic heterocycles. The lowest BCUT2D eigenvalue weighted by Gasteiger charge is -2.36. The number of halogens is 4. The number of piperazine rings is 1. The molecule has 226 valence electrons. The van der Waals surface area contributed by atoms with E-state index in [2.05, 4.69) is 22.5 Å². The van der Waals surface area contributed by atoms with Crippen LogP contribution in [0, 0.1) is 5.82 Å². The van der Waals surface area contributed by atoms with Crippen LogP contribution in [0.5, 0.6) is 0 Å². The van der Waals surface area contributed by atoms with Crippen molar-refractivity contribution >= 4 is 17.7 Å². The van der Waals surface area contributed by atoms with Crippen LogP contribution in [0.1, 0.15) is 56.6 Å². The van der Waals surface area contributed by atoms with E-state index in [4.69, 9.17) is 0 Å². The minimum atomic E-state index is -4.48. The van der Waals surface area contributed by atoms with E-state index >= 15 is 0 Å². The van der Waals surface area contributed by atoms with Gasteiger partial charge in [-0.3, -0.25) is 4.90 Å². The molecule has 41 heavy (non-hydrogen) atoms. The van der Waals surface area contributed by atoms with Crippen molar-refractivity contribution < 1.29 is 27.2 Å². The molecule has 11 heteroatoms. The summed E-state index contributed by atoms with van der Waals surface area (Å²) < 4.78 is 52.3. The van der Waals surface area contributed by atoms with E-state index in [0.717, 1.165) is 37.0 Å². The zero-order valence-electron chi connectivity index (χ0n) is 23.7. The van der Waals surface area contributed by atoms with Gasteiger partial charge < -0.3 is 20.4 Å². The Morgan fingerprint density at radius 3 is 2.29 bits per heavy atom.